The van der Waals surface area contributed by atoms with Crippen LogP contribution in [-0.4, -0.2) is 23.9 Å². The molecule has 0 aliphatic carbocycles. The Kier molecular flexibility index (Phi) is 6.73. The smallest absolute Gasteiger partial charge is 0.223 e. The van der Waals surface area contributed by atoms with E-state index < -0.39 is 0 Å². The van der Waals surface area contributed by atoms with Gasteiger partial charge in [0.1, 0.15) is 5.82 Å². The van der Waals surface area contributed by atoms with Crippen molar-refractivity contribution in [2.24, 2.45) is 5.92 Å². The van der Waals surface area contributed by atoms with E-state index >= 15 is 0 Å². The summed E-state index contributed by atoms with van der Waals surface area (Å²) < 4.78 is 14.0. The van der Waals surface area contributed by atoms with E-state index in [-0.39, 0.29) is 23.7 Å². The average Bonchev–Trinajstić information content (AvgIpc) is 2.66. The third kappa shape index (κ3) is 5.12. The summed E-state index contributed by atoms with van der Waals surface area (Å²) in [5.41, 5.74) is 4.27. The first-order valence-corrected chi connectivity index (χ1v) is 10.2. The second-order valence-corrected chi connectivity index (χ2v) is 8.30. The van der Waals surface area contributed by atoms with Gasteiger partial charge in [-0.3, -0.25) is 9.69 Å². The monoisotopic (exact) mass is 402 g/mol. The van der Waals surface area contributed by atoms with E-state index in [9.17, 15) is 9.18 Å². The molecule has 2 aromatic rings. The molecule has 1 saturated heterocycles. The molecule has 1 amide bonds. The van der Waals surface area contributed by atoms with Gasteiger partial charge in [-0.2, -0.15) is 0 Å². The van der Waals surface area contributed by atoms with Crippen LogP contribution in [0.25, 0.3) is 0 Å². The minimum absolute atomic E-state index is 0.00649. The van der Waals surface area contributed by atoms with Gasteiger partial charge >= 0.3 is 0 Å². The van der Waals surface area contributed by atoms with Gasteiger partial charge in [0.15, 0.2) is 0 Å². The van der Waals surface area contributed by atoms with E-state index in [1.807, 2.05) is 6.92 Å². The molecule has 2 aromatic carbocycles. The van der Waals surface area contributed by atoms with Gasteiger partial charge in [-0.15, -0.1) is 0 Å². The van der Waals surface area contributed by atoms with E-state index in [4.69, 9.17) is 11.6 Å². The van der Waals surface area contributed by atoms with Gasteiger partial charge in [-0.25, -0.2) is 4.39 Å². The SMILES string of the molecule is Cc1ccc([C@H](C)NC(=O)C2CCN(Cc3ccc(Cl)cc3F)CC2)cc1C. The number of nitrogens with zero attached hydrogens (tertiary/aromatic N) is 1. The lowest BCUT2D eigenvalue weighted by Gasteiger charge is -2.32. The lowest BCUT2D eigenvalue weighted by atomic mass is 9.94. The van der Waals surface area contributed by atoms with Gasteiger partial charge in [0.25, 0.3) is 0 Å². The maximum Gasteiger partial charge on any atom is 0.223 e. The fraction of sp³-hybridized carbons (Fsp3) is 0.435. The minimum atomic E-state index is -0.269. The Balaban J connectivity index is 1.51. The van der Waals surface area contributed by atoms with Crippen molar-refractivity contribution in [3.63, 3.8) is 0 Å². The van der Waals surface area contributed by atoms with E-state index in [1.54, 1.807) is 12.1 Å². The molecule has 0 unspecified atom stereocenters. The molecule has 1 atom stereocenters. The molecule has 0 bridgehead atoms. The maximum atomic E-state index is 14.0. The predicted octanol–water partition coefficient (Wildman–Crippen LogP) is 5.19. The Labute approximate surface area is 171 Å². The second-order valence-electron chi connectivity index (χ2n) is 7.86. The molecular weight excluding hydrogens is 375 g/mol. The first-order chi connectivity index (χ1) is 13.3. The molecule has 28 heavy (non-hydrogen) atoms. The van der Waals surface area contributed by atoms with Crippen molar-refractivity contribution in [1.82, 2.24) is 10.2 Å². The molecule has 1 fully saturated rings. The van der Waals surface area contributed by atoms with E-state index in [0.29, 0.717) is 17.1 Å². The lowest BCUT2D eigenvalue weighted by molar-refractivity contribution is -0.127. The predicted molar refractivity (Wildman–Crippen MR) is 112 cm³/mol. The van der Waals surface area contributed by atoms with Crippen LogP contribution in [0.15, 0.2) is 36.4 Å². The molecule has 3 rings (SSSR count). The Morgan fingerprint density at radius 1 is 1.18 bits per heavy atom. The van der Waals surface area contributed by atoms with Crippen LogP contribution < -0.4 is 5.32 Å². The number of carbonyl (C=O) groups excluding carboxylic acids is 1. The van der Waals surface area contributed by atoms with Crippen molar-refractivity contribution >= 4 is 17.5 Å². The van der Waals surface area contributed by atoms with Crippen molar-refractivity contribution in [1.29, 1.82) is 0 Å². The lowest BCUT2D eigenvalue weighted by Crippen LogP contribution is -2.41. The van der Waals surface area contributed by atoms with Gasteiger partial charge < -0.3 is 5.32 Å². The van der Waals surface area contributed by atoms with Crippen LogP contribution in [0.2, 0.25) is 5.02 Å². The number of hydrogen-bond donors (Lipinski definition) is 1. The Hall–Kier alpha value is -1.91. The molecule has 0 saturated carbocycles. The van der Waals surface area contributed by atoms with Crippen LogP contribution >= 0.6 is 11.6 Å². The summed E-state index contributed by atoms with van der Waals surface area (Å²) >= 11 is 5.82. The van der Waals surface area contributed by atoms with Crippen LogP contribution in [-0.2, 0) is 11.3 Å². The zero-order valence-electron chi connectivity index (χ0n) is 16.8. The number of likely N-dealkylation sites (tertiary alicyclic amines) is 1. The first kappa shape index (κ1) is 20.8. The highest BCUT2D eigenvalue weighted by molar-refractivity contribution is 6.30. The third-order valence-corrected chi connectivity index (χ3v) is 5.99. The van der Waals surface area contributed by atoms with Crippen molar-refractivity contribution in [2.75, 3.05) is 13.1 Å². The molecule has 0 spiro atoms. The number of rotatable bonds is 5. The quantitative estimate of drug-likeness (QED) is 0.746. The van der Waals surface area contributed by atoms with Crippen molar-refractivity contribution in [3.05, 3.63) is 69.5 Å². The third-order valence-electron chi connectivity index (χ3n) is 5.76. The van der Waals surface area contributed by atoms with Gasteiger partial charge in [-0.1, -0.05) is 35.9 Å². The summed E-state index contributed by atoms with van der Waals surface area (Å²) in [5, 5.41) is 3.57. The highest BCUT2D eigenvalue weighted by Crippen LogP contribution is 2.23. The summed E-state index contributed by atoms with van der Waals surface area (Å²) in [6, 6.07) is 11.1. The summed E-state index contributed by atoms with van der Waals surface area (Å²) in [7, 11) is 0. The van der Waals surface area contributed by atoms with Gasteiger partial charge in [0.05, 0.1) is 6.04 Å². The van der Waals surface area contributed by atoms with E-state index in [2.05, 4.69) is 42.3 Å². The number of amides is 1. The Morgan fingerprint density at radius 3 is 2.54 bits per heavy atom. The molecule has 3 nitrogen and oxygen atoms in total. The number of piperidine rings is 1. The molecule has 0 radical (unpaired) electrons. The number of hydrogen-bond acceptors (Lipinski definition) is 2. The van der Waals surface area contributed by atoms with Crippen molar-refractivity contribution in [2.45, 2.75) is 46.2 Å². The summed E-state index contributed by atoms with van der Waals surface area (Å²) in [5.74, 6) is -0.141. The standard InChI is InChI=1S/C23H28ClFN2O/c1-15-4-5-19(12-16(15)2)17(3)26-23(28)18-8-10-27(11-9-18)14-20-6-7-21(24)13-22(20)25/h4-7,12-13,17-18H,8-11,14H2,1-3H3,(H,26,28)/t17-/m0/s1. The van der Waals surface area contributed by atoms with Crippen molar-refractivity contribution < 1.29 is 9.18 Å². The minimum Gasteiger partial charge on any atom is -0.349 e. The largest absolute Gasteiger partial charge is 0.349 e. The molecule has 1 aliphatic heterocycles. The topological polar surface area (TPSA) is 32.3 Å². The Bertz CT molecular complexity index is 846. The second kappa shape index (κ2) is 9.06. The zero-order valence-corrected chi connectivity index (χ0v) is 17.5. The number of nitrogens with one attached hydrogen (secondary N) is 1. The van der Waals surface area contributed by atoms with Crippen LogP contribution in [0.3, 0.4) is 0 Å². The molecule has 5 heteroatoms. The molecular formula is C23H28ClFN2O. The number of aryl methyl sites for hydroxylation is 2. The van der Waals surface area contributed by atoms with Gasteiger partial charge in [0.2, 0.25) is 5.91 Å². The summed E-state index contributed by atoms with van der Waals surface area (Å²) in [6.45, 7) is 8.34. The average molecular weight is 403 g/mol. The molecule has 1 heterocycles. The molecule has 0 aromatic heterocycles. The zero-order chi connectivity index (χ0) is 20.3. The highest BCUT2D eigenvalue weighted by Gasteiger charge is 2.26. The molecule has 150 valence electrons. The summed E-state index contributed by atoms with van der Waals surface area (Å²) in [6.07, 6.45) is 1.58. The van der Waals surface area contributed by atoms with E-state index in [1.165, 1.54) is 17.2 Å². The number of benzene rings is 2. The molecule has 1 aliphatic rings. The fourth-order valence-corrected chi connectivity index (χ4v) is 3.85. The molecule has 1 N–H and O–H groups in total. The summed E-state index contributed by atoms with van der Waals surface area (Å²) in [4.78, 5) is 14.9. The first-order valence-electron chi connectivity index (χ1n) is 9.87. The fourth-order valence-electron chi connectivity index (χ4n) is 3.69. The van der Waals surface area contributed by atoms with Crippen molar-refractivity contribution in [3.8, 4) is 0 Å². The highest BCUT2D eigenvalue weighted by atomic mass is 35.5. The number of carbonyl (C=O) groups is 1. The Morgan fingerprint density at radius 2 is 1.89 bits per heavy atom. The van der Waals surface area contributed by atoms with Crippen LogP contribution in [0.1, 0.15) is 48.1 Å². The van der Waals surface area contributed by atoms with Crippen LogP contribution in [0, 0.1) is 25.6 Å². The van der Waals surface area contributed by atoms with Crippen LogP contribution in [0.5, 0.6) is 0 Å². The van der Waals surface area contributed by atoms with E-state index in [0.717, 1.165) is 31.5 Å². The van der Waals surface area contributed by atoms with Gasteiger partial charge in [0, 0.05) is 23.0 Å². The number of halogens is 2. The van der Waals surface area contributed by atoms with Crippen LogP contribution in [0.4, 0.5) is 4.39 Å². The maximum absolute atomic E-state index is 14.0. The normalized spacial score (nSPS) is 16.8. The van der Waals surface area contributed by atoms with Gasteiger partial charge in [-0.05, 0) is 75.5 Å².